The van der Waals surface area contributed by atoms with Crippen LogP contribution in [0.2, 0.25) is 0 Å². The zero-order chi connectivity index (χ0) is 15.0. The van der Waals surface area contributed by atoms with Gasteiger partial charge >= 0.3 is 0 Å². The van der Waals surface area contributed by atoms with Crippen LogP contribution >= 0.6 is 12.4 Å². The van der Waals surface area contributed by atoms with Gasteiger partial charge in [0.25, 0.3) is 5.91 Å². The van der Waals surface area contributed by atoms with Gasteiger partial charge < -0.3 is 16.0 Å². The molecule has 0 aliphatic carbocycles. The Labute approximate surface area is 132 Å². The Morgan fingerprint density at radius 2 is 1.71 bits per heavy atom. The van der Waals surface area contributed by atoms with Crippen molar-refractivity contribution in [2.24, 2.45) is 0 Å². The summed E-state index contributed by atoms with van der Waals surface area (Å²) in [5.74, 6) is -0.220. The van der Waals surface area contributed by atoms with Crippen molar-refractivity contribution >= 4 is 24.2 Å². The van der Waals surface area contributed by atoms with E-state index in [1.807, 2.05) is 39.1 Å². The van der Waals surface area contributed by atoms with Gasteiger partial charge in [-0.3, -0.25) is 9.59 Å². The largest absolute Gasteiger partial charge is 0.354 e. The molecule has 0 fully saturated rings. The number of benzene rings is 1. The summed E-state index contributed by atoms with van der Waals surface area (Å²) in [5.41, 5.74) is 0.601. The van der Waals surface area contributed by atoms with E-state index in [2.05, 4.69) is 16.0 Å². The minimum atomic E-state index is -0.201. The molecule has 0 aromatic heterocycles. The smallest absolute Gasteiger partial charge is 0.251 e. The number of carbonyl (C=O) groups is 2. The van der Waals surface area contributed by atoms with Crippen molar-refractivity contribution in [1.82, 2.24) is 16.0 Å². The van der Waals surface area contributed by atoms with Gasteiger partial charge in [-0.15, -0.1) is 12.4 Å². The lowest BCUT2D eigenvalue weighted by Crippen LogP contribution is -2.41. The van der Waals surface area contributed by atoms with Crippen LogP contribution in [-0.4, -0.2) is 37.5 Å². The maximum atomic E-state index is 11.9. The van der Waals surface area contributed by atoms with Crippen molar-refractivity contribution in [3.8, 4) is 0 Å². The highest BCUT2D eigenvalue weighted by Crippen LogP contribution is 2.00. The molecule has 1 aromatic rings. The monoisotopic (exact) mass is 313 g/mol. The highest BCUT2D eigenvalue weighted by molar-refractivity contribution is 5.94. The van der Waals surface area contributed by atoms with E-state index in [1.165, 1.54) is 0 Å². The van der Waals surface area contributed by atoms with E-state index in [1.54, 1.807) is 12.1 Å². The van der Waals surface area contributed by atoms with Crippen LogP contribution in [0, 0.1) is 0 Å². The number of amides is 2. The van der Waals surface area contributed by atoms with Gasteiger partial charge in [-0.25, -0.2) is 0 Å². The Morgan fingerprint density at radius 1 is 1.10 bits per heavy atom. The molecule has 21 heavy (non-hydrogen) atoms. The zero-order valence-corrected chi connectivity index (χ0v) is 13.5. The summed E-state index contributed by atoms with van der Waals surface area (Å²) in [6.45, 7) is 4.39. The van der Waals surface area contributed by atoms with Crippen LogP contribution in [-0.2, 0) is 4.79 Å². The fraction of sp³-hybridized carbons (Fsp3) is 0.467. The lowest BCUT2D eigenvalue weighted by molar-refractivity contribution is -0.121. The van der Waals surface area contributed by atoms with Crippen molar-refractivity contribution < 1.29 is 9.59 Å². The van der Waals surface area contributed by atoms with Crippen LogP contribution in [0.3, 0.4) is 0 Å². The van der Waals surface area contributed by atoms with E-state index in [4.69, 9.17) is 0 Å². The van der Waals surface area contributed by atoms with Crippen LogP contribution in [0.25, 0.3) is 0 Å². The maximum absolute atomic E-state index is 11.9. The van der Waals surface area contributed by atoms with Crippen LogP contribution in [0.15, 0.2) is 30.3 Å². The van der Waals surface area contributed by atoms with Gasteiger partial charge in [-0.05, 0) is 33.0 Å². The Morgan fingerprint density at radius 3 is 2.29 bits per heavy atom. The van der Waals surface area contributed by atoms with Crippen LogP contribution in [0.5, 0.6) is 0 Å². The Kier molecular flexibility index (Phi) is 9.41. The lowest BCUT2D eigenvalue weighted by Gasteiger charge is -2.15. The molecule has 5 nitrogen and oxygen atoms in total. The zero-order valence-electron chi connectivity index (χ0n) is 12.7. The van der Waals surface area contributed by atoms with E-state index in [0.717, 1.165) is 0 Å². The fourth-order valence-electron chi connectivity index (χ4n) is 1.67. The third-order valence-electron chi connectivity index (χ3n) is 3.00. The first-order valence-electron chi connectivity index (χ1n) is 6.82. The second kappa shape index (κ2) is 10.2. The molecule has 0 radical (unpaired) electrons. The molecule has 0 spiro atoms. The standard InChI is InChI=1S/C15H23N3O2.ClH/c1-11(9-14(19)17-10-12(2)16-3)18-15(20)13-7-5-4-6-8-13;/h4-8,11-12,16H,9-10H2,1-3H3,(H,17,19)(H,18,20);1H. The summed E-state index contributed by atoms with van der Waals surface area (Å²) >= 11 is 0. The molecule has 1 rings (SSSR count). The molecule has 2 atom stereocenters. The summed E-state index contributed by atoms with van der Waals surface area (Å²) in [6.07, 6.45) is 0.273. The Bertz CT molecular complexity index is 440. The predicted octanol–water partition coefficient (Wildman–Crippen LogP) is 1.34. The molecule has 0 saturated carbocycles. The normalized spacial score (nSPS) is 12.7. The number of likely N-dealkylation sites (N-methyl/N-ethyl adjacent to an activating group) is 1. The molecule has 118 valence electrons. The molecule has 2 unspecified atom stereocenters. The Hall–Kier alpha value is -1.59. The third kappa shape index (κ3) is 7.68. The molecule has 0 heterocycles. The first kappa shape index (κ1) is 19.4. The van der Waals surface area contributed by atoms with Gasteiger partial charge in [-0.2, -0.15) is 0 Å². The summed E-state index contributed by atoms with van der Waals surface area (Å²) in [4.78, 5) is 23.6. The number of nitrogens with one attached hydrogen (secondary N) is 3. The second-order valence-electron chi connectivity index (χ2n) is 4.94. The predicted molar refractivity (Wildman–Crippen MR) is 86.8 cm³/mol. The van der Waals surface area contributed by atoms with Crippen LogP contribution in [0.1, 0.15) is 30.6 Å². The summed E-state index contributed by atoms with van der Waals surface area (Å²) in [7, 11) is 1.85. The van der Waals surface area contributed by atoms with Gasteiger partial charge in [0.2, 0.25) is 5.91 Å². The first-order valence-corrected chi connectivity index (χ1v) is 6.82. The maximum Gasteiger partial charge on any atom is 0.251 e. The van der Waals surface area contributed by atoms with E-state index < -0.39 is 0 Å². The molecule has 0 aliphatic heterocycles. The minimum Gasteiger partial charge on any atom is -0.354 e. The van der Waals surface area contributed by atoms with Gasteiger partial charge in [0, 0.05) is 30.6 Å². The highest BCUT2D eigenvalue weighted by Gasteiger charge is 2.13. The topological polar surface area (TPSA) is 70.2 Å². The SMILES string of the molecule is CNC(C)CNC(=O)CC(C)NC(=O)c1ccccc1.Cl. The van der Waals surface area contributed by atoms with Crippen LogP contribution < -0.4 is 16.0 Å². The average Bonchev–Trinajstić information content (AvgIpc) is 2.45. The number of hydrogen-bond donors (Lipinski definition) is 3. The lowest BCUT2D eigenvalue weighted by atomic mass is 10.1. The van der Waals surface area contributed by atoms with E-state index in [0.29, 0.717) is 12.1 Å². The molecule has 0 saturated heterocycles. The van der Waals surface area contributed by atoms with Gasteiger partial charge in [-0.1, -0.05) is 18.2 Å². The fourth-order valence-corrected chi connectivity index (χ4v) is 1.67. The summed E-state index contributed by atoms with van der Waals surface area (Å²) in [6, 6.07) is 9.00. The molecule has 1 aromatic carbocycles. The quantitative estimate of drug-likeness (QED) is 0.711. The molecule has 0 aliphatic rings. The van der Waals surface area contributed by atoms with Gasteiger partial charge in [0.1, 0.15) is 0 Å². The first-order chi connectivity index (χ1) is 9.52. The summed E-state index contributed by atoms with van der Waals surface area (Å²) in [5, 5.41) is 8.68. The van der Waals surface area contributed by atoms with E-state index >= 15 is 0 Å². The number of hydrogen-bond acceptors (Lipinski definition) is 3. The minimum absolute atomic E-state index is 0. The van der Waals surface area contributed by atoms with Crippen molar-refractivity contribution in [3.63, 3.8) is 0 Å². The highest BCUT2D eigenvalue weighted by atomic mass is 35.5. The average molecular weight is 314 g/mol. The van der Waals surface area contributed by atoms with Gasteiger partial charge in [0.05, 0.1) is 0 Å². The second-order valence-corrected chi connectivity index (χ2v) is 4.94. The third-order valence-corrected chi connectivity index (χ3v) is 3.00. The molecule has 2 amide bonds. The molecule has 0 bridgehead atoms. The van der Waals surface area contributed by atoms with Crippen molar-refractivity contribution in [1.29, 1.82) is 0 Å². The van der Waals surface area contributed by atoms with Gasteiger partial charge in [0.15, 0.2) is 0 Å². The molecule has 3 N–H and O–H groups in total. The Balaban J connectivity index is 0.00000400. The van der Waals surface area contributed by atoms with Crippen molar-refractivity contribution in [2.75, 3.05) is 13.6 Å². The molecule has 6 heteroatoms. The van der Waals surface area contributed by atoms with Crippen molar-refractivity contribution in [3.05, 3.63) is 35.9 Å². The molecular formula is C15H24ClN3O2. The molecular weight excluding hydrogens is 290 g/mol. The van der Waals surface area contributed by atoms with E-state index in [-0.39, 0.29) is 42.7 Å². The number of carbonyl (C=O) groups excluding carboxylic acids is 2. The number of halogens is 1. The van der Waals surface area contributed by atoms with Crippen molar-refractivity contribution in [2.45, 2.75) is 32.4 Å². The van der Waals surface area contributed by atoms with Crippen LogP contribution in [0.4, 0.5) is 0 Å². The number of rotatable bonds is 7. The van der Waals surface area contributed by atoms with E-state index in [9.17, 15) is 9.59 Å². The summed E-state index contributed by atoms with van der Waals surface area (Å²) < 4.78 is 0.